The quantitative estimate of drug-likeness (QED) is 0.198. The second kappa shape index (κ2) is 10.2. The molecule has 8 aromatic carbocycles. The van der Waals surface area contributed by atoms with Gasteiger partial charge in [0.25, 0.3) is 0 Å². The molecule has 0 N–H and O–H groups in total. The number of benzene rings is 8. The molecule has 0 amide bonds. The van der Waals surface area contributed by atoms with E-state index in [1.54, 1.807) is 0 Å². The Morgan fingerprint density at radius 3 is 1.02 bits per heavy atom. The van der Waals surface area contributed by atoms with Crippen molar-refractivity contribution in [3.8, 4) is 22.3 Å². The molecular formula is C42H28. The van der Waals surface area contributed by atoms with Gasteiger partial charge in [-0.15, -0.1) is 0 Å². The van der Waals surface area contributed by atoms with E-state index < -0.39 is 0 Å². The molecule has 0 saturated heterocycles. The molecule has 0 saturated carbocycles. The summed E-state index contributed by atoms with van der Waals surface area (Å²) in [5.74, 6) is 0. The minimum Gasteiger partial charge on any atom is -0.0616 e. The smallest absolute Gasteiger partial charge is 0.00990 e. The average Bonchev–Trinajstić information content (AvgIpc) is 3.06. The van der Waals surface area contributed by atoms with Gasteiger partial charge in [0.15, 0.2) is 0 Å². The van der Waals surface area contributed by atoms with Gasteiger partial charge in [-0.05, 0) is 88.6 Å². The molecule has 0 aliphatic heterocycles. The van der Waals surface area contributed by atoms with Crippen LogP contribution in [0.5, 0.6) is 0 Å². The molecule has 0 atom stereocenters. The van der Waals surface area contributed by atoms with Crippen molar-refractivity contribution in [2.75, 3.05) is 0 Å². The Labute approximate surface area is 245 Å². The molecule has 0 unspecified atom stereocenters. The maximum atomic E-state index is 2.32. The molecule has 0 heterocycles. The normalized spacial score (nSPS) is 11.7. The molecule has 0 aliphatic carbocycles. The van der Waals surface area contributed by atoms with Crippen molar-refractivity contribution in [1.29, 1.82) is 0 Å². The number of hydrogen-bond acceptors (Lipinski definition) is 0. The van der Waals surface area contributed by atoms with Crippen molar-refractivity contribution in [2.45, 2.75) is 0 Å². The summed E-state index contributed by atoms with van der Waals surface area (Å²) in [6.07, 6.45) is 4.47. The van der Waals surface area contributed by atoms with Crippen LogP contribution in [0, 0.1) is 0 Å². The predicted molar refractivity (Wildman–Crippen MR) is 183 cm³/mol. The van der Waals surface area contributed by atoms with Crippen LogP contribution in [0.1, 0.15) is 11.1 Å². The van der Waals surface area contributed by atoms with Crippen LogP contribution >= 0.6 is 0 Å². The van der Waals surface area contributed by atoms with Crippen molar-refractivity contribution in [1.82, 2.24) is 0 Å². The lowest BCUT2D eigenvalue weighted by Crippen LogP contribution is -1.85. The molecule has 42 heavy (non-hydrogen) atoms. The monoisotopic (exact) mass is 532 g/mol. The van der Waals surface area contributed by atoms with Crippen molar-refractivity contribution in [3.05, 3.63) is 169 Å². The zero-order valence-electron chi connectivity index (χ0n) is 23.2. The molecular weight excluding hydrogens is 504 g/mol. The fourth-order valence-electron chi connectivity index (χ4n) is 6.37. The SMILES string of the molecule is C(=Cc1ccc2cccc(-c3cccc4ccccc34)c2c1)c1ccc2cccc(-c3cccc4ccccc34)c2c1. The molecule has 0 spiro atoms. The molecule has 0 bridgehead atoms. The highest BCUT2D eigenvalue weighted by atomic mass is 14.1. The first-order chi connectivity index (χ1) is 20.8. The third-order valence-corrected chi connectivity index (χ3v) is 8.44. The van der Waals surface area contributed by atoms with Gasteiger partial charge in [0, 0.05) is 0 Å². The maximum Gasteiger partial charge on any atom is -0.00990 e. The highest BCUT2D eigenvalue weighted by Gasteiger charge is 2.09. The number of rotatable bonds is 4. The topological polar surface area (TPSA) is 0 Å². The van der Waals surface area contributed by atoms with Crippen LogP contribution in [0.3, 0.4) is 0 Å². The average molecular weight is 533 g/mol. The van der Waals surface area contributed by atoms with Gasteiger partial charge in [0.2, 0.25) is 0 Å². The van der Waals surface area contributed by atoms with Gasteiger partial charge in [-0.2, -0.15) is 0 Å². The minimum atomic E-state index is 1.19. The predicted octanol–water partition coefficient (Wildman–Crippen LogP) is 11.8. The van der Waals surface area contributed by atoms with E-state index in [1.165, 1.54) is 76.5 Å². The van der Waals surface area contributed by atoms with E-state index in [9.17, 15) is 0 Å². The van der Waals surface area contributed by atoms with Crippen LogP contribution in [0.2, 0.25) is 0 Å². The Balaban J connectivity index is 1.21. The van der Waals surface area contributed by atoms with Gasteiger partial charge in [-0.1, -0.05) is 158 Å². The summed E-state index contributed by atoms with van der Waals surface area (Å²) in [5.41, 5.74) is 7.47. The van der Waals surface area contributed by atoms with Gasteiger partial charge in [-0.25, -0.2) is 0 Å². The highest BCUT2D eigenvalue weighted by Crippen LogP contribution is 2.36. The first-order valence-electron chi connectivity index (χ1n) is 14.5. The summed E-state index contributed by atoms with van der Waals surface area (Å²) in [7, 11) is 0. The first-order valence-corrected chi connectivity index (χ1v) is 14.5. The van der Waals surface area contributed by atoms with Gasteiger partial charge >= 0.3 is 0 Å². The maximum absolute atomic E-state index is 2.32. The summed E-state index contributed by atoms with van der Waals surface area (Å²) in [5, 5.41) is 10.1. The van der Waals surface area contributed by atoms with Crippen molar-refractivity contribution < 1.29 is 0 Å². The van der Waals surface area contributed by atoms with E-state index in [0.717, 1.165) is 0 Å². The van der Waals surface area contributed by atoms with Crippen LogP contribution in [-0.4, -0.2) is 0 Å². The molecule has 0 fully saturated rings. The Hall–Kier alpha value is -5.46. The first kappa shape index (κ1) is 24.3. The molecule has 196 valence electrons. The van der Waals surface area contributed by atoms with Gasteiger partial charge in [0.05, 0.1) is 0 Å². The van der Waals surface area contributed by atoms with E-state index in [0.29, 0.717) is 0 Å². The van der Waals surface area contributed by atoms with Crippen molar-refractivity contribution in [3.63, 3.8) is 0 Å². The van der Waals surface area contributed by atoms with Crippen LogP contribution in [0.25, 0.3) is 77.5 Å². The zero-order chi connectivity index (χ0) is 27.9. The van der Waals surface area contributed by atoms with Gasteiger partial charge in [0.1, 0.15) is 0 Å². The summed E-state index contributed by atoms with van der Waals surface area (Å²) in [6, 6.07) is 57.2. The minimum absolute atomic E-state index is 1.19. The standard InChI is InChI=1S/C42H28/c1-3-15-35-31(9-1)11-5-17-37(35)39-19-7-13-33-25-23-29(27-41(33)39)21-22-30-24-26-34-14-8-20-40(42(34)28-30)38-18-6-12-32-10-2-4-16-36(32)38/h1-28H. The zero-order valence-corrected chi connectivity index (χ0v) is 23.2. The van der Waals surface area contributed by atoms with E-state index >= 15 is 0 Å². The Kier molecular flexibility index (Phi) is 5.90. The molecule has 8 rings (SSSR count). The van der Waals surface area contributed by atoms with Gasteiger partial charge in [-0.3, -0.25) is 0 Å². The van der Waals surface area contributed by atoms with Crippen molar-refractivity contribution >= 4 is 55.2 Å². The Bertz CT molecular complexity index is 2130. The number of fused-ring (bicyclic) bond motifs is 4. The van der Waals surface area contributed by atoms with Gasteiger partial charge < -0.3 is 0 Å². The second-order valence-electron chi connectivity index (χ2n) is 11.0. The fraction of sp³-hybridized carbons (Fsp3) is 0. The summed E-state index contributed by atoms with van der Waals surface area (Å²) < 4.78 is 0. The lowest BCUT2D eigenvalue weighted by atomic mass is 9.92. The van der Waals surface area contributed by atoms with Crippen LogP contribution < -0.4 is 0 Å². The van der Waals surface area contributed by atoms with E-state index in [-0.39, 0.29) is 0 Å². The lowest BCUT2D eigenvalue weighted by Gasteiger charge is -2.11. The van der Waals surface area contributed by atoms with E-state index in [4.69, 9.17) is 0 Å². The molecule has 0 aliphatic rings. The number of hydrogen-bond donors (Lipinski definition) is 0. The van der Waals surface area contributed by atoms with Crippen molar-refractivity contribution in [2.24, 2.45) is 0 Å². The van der Waals surface area contributed by atoms with E-state index in [1.807, 2.05) is 0 Å². The summed E-state index contributed by atoms with van der Waals surface area (Å²) >= 11 is 0. The Morgan fingerprint density at radius 1 is 0.262 bits per heavy atom. The van der Waals surface area contributed by atoms with E-state index in [2.05, 4.69) is 170 Å². The molecule has 0 radical (unpaired) electrons. The second-order valence-corrected chi connectivity index (χ2v) is 11.0. The van der Waals surface area contributed by atoms with Crippen LogP contribution in [0.15, 0.2) is 158 Å². The molecule has 0 aromatic heterocycles. The largest absolute Gasteiger partial charge is 0.0616 e. The van der Waals surface area contributed by atoms with Crippen LogP contribution in [0.4, 0.5) is 0 Å². The third-order valence-electron chi connectivity index (χ3n) is 8.44. The molecule has 8 aromatic rings. The third kappa shape index (κ3) is 4.26. The Morgan fingerprint density at radius 2 is 0.595 bits per heavy atom. The summed E-state index contributed by atoms with van der Waals surface area (Å²) in [6.45, 7) is 0. The molecule has 0 nitrogen and oxygen atoms in total. The summed E-state index contributed by atoms with van der Waals surface area (Å²) in [4.78, 5) is 0. The highest BCUT2D eigenvalue weighted by molar-refractivity contribution is 6.07. The lowest BCUT2D eigenvalue weighted by molar-refractivity contribution is 1.66. The fourth-order valence-corrected chi connectivity index (χ4v) is 6.37. The molecule has 0 heteroatoms. The van der Waals surface area contributed by atoms with Crippen LogP contribution in [-0.2, 0) is 0 Å².